The van der Waals surface area contributed by atoms with Crippen molar-refractivity contribution in [1.82, 2.24) is 10.3 Å². The van der Waals surface area contributed by atoms with Gasteiger partial charge in [0.15, 0.2) is 5.78 Å². The number of Topliss-reactive ketones (excluding diaryl/α,β-unsaturated/α-hetero) is 1. The Morgan fingerprint density at radius 1 is 1.21 bits per heavy atom. The van der Waals surface area contributed by atoms with E-state index in [1.165, 1.54) is 12.5 Å². The van der Waals surface area contributed by atoms with Gasteiger partial charge in [0.1, 0.15) is 5.56 Å². The Hall–Kier alpha value is -1.91. The molecule has 5 nitrogen and oxygen atoms in total. The van der Waals surface area contributed by atoms with Crippen LogP contribution in [-0.4, -0.2) is 22.7 Å². The minimum absolute atomic E-state index is 0.00224. The fourth-order valence-electron chi connectivity index (χ4n) is 3.97. The molecule has 0 aromatic carbocycles. The van der Waals surface area contributed by atoms with Crippen LogP contribution in [0.15, 0.2) is 10.9 Å². The molecule has 0 radical (unpaired) electrons. The second kappa shape index (κ2) is 6.19. The van der Waals surface area contributed by atoms with Crippen molar-refractivity contribution >= 4 is 11.7 Å². The standard InChI is InChI=1S/C19H26N2O3/c1-11-6-4-5-7-14(11)20-17(23)13-8-12-15(21-18(13)24)9-19(2,3)10-16(12)22/h8,11,14H,4-7,9-10H2,1-3H3,(H,20,23)(H,21,24)/t11-,14-/m1/s1. The minimum atomic E-state index is -0.403. The Morgan fingerprint density at radius 3 is 2.62 bits per heavy atom. The van der Waals surface area contributed by atoms with E-state index < -0.39 is 5.56 Å². The summed E-state index contributed by atoms with van der Waals surface area (Å²) in [6.07, 6.45) is 5.42. The van der Waals surface area contributed by atoms with Gasteiger partial charge in [-0.05, 0) is 36.7 Å². The maximum Gasteiger partial charge on any atom is 0.261 e. The topological polar surface area (TPSA) is 79.0 Å². The Morgan fingerprint density at radius 2 is 1.92 bits per heavy atom. The SMILES string of the molecule is C[C@@H]1CCCC[C@H]1NC(=O)c1cc2c([nH]c1=O)CC(C)(C)CC2=O. The molecule has 5 heteroatoms. The highest BCUT2D eigenvalue weighted by Crippen LogP contribution is 2.33. The van der Waals surface area contributed by atoms with Crippen molar-refractivity contribution < 1.29 is 9.59 Å². The third-order valence-electron chi connectivity index (χ3n) is 5.39. The van der Waals surface area contributed by atoms with Crippen molar-refractivity contribution in [2.45, 2.75) is 65.3 Å². The molecule has 2 aliphatic carbocycles. The predicted molar refractivity (Wildman–Crippen MR) is 92.4 cm³/mol. The normalized spacial score (nSPS) is 25.9. The van der Waals surface area contributed by atoms with Crippen molar-refractivity contribution in [2.24, 2.45) is 11.3 Å². The van der Waals surface area contributed by atoms with Crippen LogP contribution in [0.5, 0.6) is 0 Å². The fraction of sp³-hybridized carbons (Fsp3) is 0.632. The molecule has 1 aromatic rings. The number of carbonyl (C=O) groups is 2. The van der Waals surface area contributed by atoms with E-state index >= 15 is 0 Å². The van der Waals surface area contributed by atoms with Gasteiger partial charge < -0.3 is 10.3 Å². The van der Waals surface area contributed by atoms with Gasteiger partial charge in [-0.1, -0.05) is 33.6 Å². The second-order valence-corrected chi connectivity index (χ2v) is 8.19. The number of pyridine rings is 1. The molecule has 24 heavy (non-hydrogen) atoms. The first-order valence-corrected chi connectivity index (χ1v) is 8.87. The summed E-state index contributed by atoms with van der Waals surface area (Å²) in [6, 6.07) is 1.60. The smallest absolute Gasteiger partial charge is 0.261 e. The molecule has 0 spiro atoms. The maximum absolute atomic E-state index is 12.6. The van der Waals surface area contributed by atoms with Crippen LogP contribution in [0, 0.1) is 11.3 Å². The van der Waals surface area contributed by atoms with Crippen LogP contribution in [-0.2, 0) is 6.42 Å². The average Bonchev–Trinajstić information content (AvgIpc) is 2.47. The van der Waals surface area contributed by atoms with Crippen molar-refractivity contribution in [2.75, 3.05) is 0 Å². The third-order valence-corrected chi connectivity index (χ3v) is 5.39. The van der Waals surface area contributed by atoms with Crippen LogP contribution in [0.4, 0.5) is 0 Å². The Kier molecular flexibility index (Phi) is 4.37. The third kappa shape index (κ3) is 3.30. The number of hydrogen-bond donors (Lipinski definition) is 2. The molecule has 1 aromatic heterocycles. The molecule has 0 saturated heterocycles. The van der Waals surface area contributed by atoms with Crippen LogP contribution >= 0.6 is 0 Å². The van der Waals surface area contributed by atoms with Gasteiger partial charge in [0.25, 0.3) is 11.5 Å². The van der Waals surface area contributed by atoms with Crippen molar-refractivity contribution in [3.05, 3.63) is 33.2 Å². The van der Waals surface area contributed by atoms with E-state index in [0.29, 0.717) is 30.0 Å². The molecule has 0 aliphatic heterocycles. The number of amides is 1. The lowest BCUT2D eigenvalue weighted by molar-refractivity contribution is 0.0907. The Bertz CT molecular complexity index is 733. The van der Waals surface area contributed by atoms with Gasteiger partial charge in [-0.2, -0.15) is 0 Å². The largest absolute Gasteiger partial charge is 0.349 e. The Labute approximate surface area is 142 Å². The lowest BCUT2D eigenvalue weighted by atomic mass is 9.75. The molecular weight excluding hydrogens is 304 g/mol. The predicted octanol–water partition coefficient (Wildman–Crippen LogP) is 2.84. The molecule has 0 unspecified atom stereocenters. The monoisotopic (exact) mass is 330 g/mol. The van der Waals surface area contributed by atoms with E-state index in [-0.39, 0.29) is 28.7 Å². The molecule has 1 amide bonds. The number of ketones is 1. The molecule has 0 bridgehead atoms. The summed E-state index contributed by atoms with van der Waals surface area (Å²) in [6.45, 7) is 6.15. The van der Waals surface area contributed by atoms with Gasteiger partial charge in [0, 0.05) is 23.7 Å². The molecular formula is C19H26N2O3. The van der Waals surface area contributed by atoms with Gasteiger partial charge >= 0.3 is 0 Å². The quantitative estimate of drug-likeness (QED) is 0.875. The number of nitrogens with one attached hydrogen (secondary N) is 2. The van der Waals surface area contributed by atoms with Gasteiger partial charge in [-0.25, -0.2) is 0 Å². The van der Waals surface area contributed by atoms with E-state index in [4.69, 9.17) is 0 Å². The van der Waals surface area contributed by atoms with Crippen LogP contribution in [0.3, 0.4) is 0 Å². The average molecular weight is 330 g/mol. The fourth-order valence-corrected chi connectivity index (χ4v) is 3.97. The molecule has 2 aliphatic rings. The number of aromatic amines is 1. The van der Waals surface area contributed by atoms with E-state index in [2.05, 4.69) is 17.2 Å². The molecule has 1 saturated carbocycles. The van der Waals surface area contributed by atoms with Gasteiger partial charge in [0.2, 0.25) is 0 Å². The van der Waals surface area contributed by atoms with Gasteiger partial charge in [0.05, 0.1) is 0 Å². The van der Waals surface area contributed by atoms with Crippen LogP contribution in [0.1, 0.15) is 79.3 Å². The number of fused-ring (bicyclic) bond motifs is 1. The van der Waals surface area contributed by atoms with Crippen LogP contribution in [0.2, 0.25) is 0 Å². The zero-order valence-corrected chi connectivity index (χ0v) is 14.7. The highest BCUT2D eigenvalue weighted by atomic mass is 16.2. The first-order valence-electron chi connectivity index (χ1n) is 8.87. The molecule has 1 fully saturated rings. The van der Waals surface area contributed by atoms with Crippen LogP contribution in [0.25, 0.3) is 0 Å². The van der Waals surface area contributed by atoms with Crippen molar-refractivity contribution in [1.29, 1.82) is 0 Å². The summed E-state index contributed by atoms with van der Waals surface area (Å²) >= 11 is 0. The molecule has 1 heterocycles. The summed E-state index contributed by atoms with van der Waals surface area (Å²) in [5.41, 5.74) is 0.647. The summed E-state index contributed by atoms with van der Waals surface area (Å²) in [4.78, 5) is 40.1. The maximum atomic E-state index is 12.6. The zero-order valence-electron chi connectivity index (χ0n) is 14.7. The lowest BCUT2D eigenvalue weighted by Gasteiger charge is -2.30. The molecule has 2 N–H and O–H groups in total. The number of aromatic nitrogens is 1. The highest BCUT2D eigenvalue weighted by Gasteiger charge is 2.33. The number of hydrogen-bond acceptors (Lipinski definition) is 3. The number of H-pyrrole nitrogens is 1. The van der Waals surface area contributed by atoms with E-state index in [9.17, 15) is 14.4 Å². The number of carbonyl (C=O) groups excluding carboxylic acids is 2. The van der Waals surface area contributed by atoms with E-state index in [1.807, 2.05) is 13.8 Å². The van der Waals surface area contributed by atoms with Gasteiger partial charge in [-0.15, -0.1) is 0 Å². The molecule has 130 valence electrons. The Balaban J connectivity index is 1.87. The summed E-state index contributed by atoms with van der Waals surface area (Å²) < 4.78 is 0. The second-order valence-electron chi connectivity index (χ2n) is 8.19. The zero-order chi connectivity index (χ0) is 17.5. The van der Waals surface area contributed by atoms with Crippen molar-refractivity contribution in [3.63, 3.8) is 0 Å². The van der Waals surface area contributed by atoms with E-state index in [0.717, 1.165) is 19.3 Å². The molecule has 3 rings (SSSR count). The summed E-state index contributed by atoms with van der Waals surface area (Å²) in [5, 5.41) is 2.99. The summed E-state index contributed by atoms with van der Waals surface area (Å²) in [7, 11) is 0. The van der Waals surface area contributed by atoms with Crippen molar-refractivity contribution in [3.8, 4) is 0 Å². The van der Waals surface area contributed by atoms with Gasteiger partial charge in [-0.3, -0.25) is 14.4 Å². The van der Waals surface area contributed by atoms with E-state index in [1.54, 1.807) is 0 Å². The minimum Gasteiger partial charge on any atom is -0.349 e. The highest BCUT2D eigenvalue weighted by molar-refractivity contribution is 6.02. The number of rotatable bonds is 2. The first kappa shape index (κ1) is 16.9. The lowest BCUT2D eigenvalue weighted by Crippen LogP contribution is -2.43. The molecule has 2 atom stereocenters. The first-order chi connectivity index (χ1) is 11.3. The van der Waals surface area contributed by atoms with Crippen LogP contribution < -0.4 is 10.9 Å². The summed E-state index contributed by atoms with van der Waals surface area (Å²) in [5.74, 6) is 0.0508.